The zero-order valence-corrected chi connectivity index (χ0v) is 14.8. The molecule has 0 aromatic heterocycles. The Hall–Kier alpha value is -1.89. The second-order valence-corrected chi connectivity index (χ2v) is 6.18. The molecular weight excluding hydrogens is 391 g/mol. The van der Waals surface area contributed by atoms with E-state index in [4.69, 9.17) is 0 Å². The van der Waals surface area contributed by atoms with Crippen molar-refractivity contribution >= 4 is 45.8 Å². The van der Waals surface area contributed by atoms with Crippen LogP contribution in [0.5, 0.6) is 0 Å². The number of anilines is 2. The molecule has 0 saturated heterocycles. The van der Waals surface area contributed by atoms with Gasteiger partial charge in [0.25, 0.3) is 5.91 Å². The predicted molar refractivity (Wildman–Crippen MR) is 97.3 cm³/mol. The molecule has 0 aliphatic rings. The molecule has 114 valence electrons. The van der Waals surface area contributed by atoms with Gasteiger partial charge in [0, 0.05) is 21.9 Å². The molecule has 0 saturated carbocycles. The Morgan fingerprint density at radius 3 is 2.36 bits per heavy atom. The fourth-order valence-electron chi connectivity index (χ4n) is 2.09. The molecule has 0 spiro atoms. The second-order valence-electron chi connectivity index (χ2n) is 5.10. The van der Waals surface area contributed by atoms with Gasteiger partial charge in [-0.25, -0.2) is 0 Å². The average Bonchev–Trinajstić information content (AvgIpc) is 2.44. The zero-order valence-electron chi connectivity index (χ0n) is 12.7. The summed E-state index contributed by atoms with van der Waals surface area (Å²) in [6, 6.07) is 11.1. The van der Waals surface area contributed by atoms with Gasteiger partial charge >= 0.3 is 0 Å². The number of amides is 2. The van der Waals surface area contributed by atoms with Crippen LogP contribution in [0.2, 0.25) is 0 Å². The molecule has 2 aromatic carbocycles. The lowest BCUT2D eigenvalue weighted by Gasteiger charge is -2.11. The van der Waals surface area contributed by atoms with Crippen molar-refractivity contribution in [3.8, 4) is 0 Å². The summed E-state index contributed by atoms with van der Waals surface area (Å²) in [4.78, 5) is 23.5. The normalized spacial score (nSPS) is 10.2. The first kappa shape index (κ1) is 16.5. The largest absolute Gasteiger partial charge is 0.326 e. The number of hydrogen-bond acceptors (Lipinski definition) is 2. The number of halogens is 1. The van der Waals surface area contributed by atoms with Gasteiger partial charge in [-0.2, -0.15) is 0 Å². The quantitative estimate of drug-likeness (QED) is 0.751. The van der Waals surface area contributed by atoms with Crippen molar-refractivity contribution in [2.75, 3.05) is 10.6 Å². The number of benzene rings is 2. The summed E-state index contributed by atoms with van der Waals surface area (Å²) in [5.74, 6) is -0.256. The number of hydrogen-bond donors (Lipinski definition) is 2. The summed E-state index contributed by atoms with van der Waals surface area (Å²) in [7, 11) is 0. The van der Waals surface area contributed by atoms with Crippen molar-refractivity contribution in [3.63, 3.8) is 0 Å². The molecule has 0 aliphatic carbocycles. The number of aryl methyl sites for hydroxylation is 2. The minimum Gasteiger partial charge on any atom is -0.326 e. The first-order chi connectivity index (χ1) is 10.4. The van der Waals surface area contributed by atoms with Crippen LogP contribution in [0, 0.1) is 17.4 Å². The topological polar surface area (TPSA) is 58.2 Å². The van der Waals surface area contributed by atoms with E-state index in [1.807, 2.05) is 38.1 Å². The van der Waals surface area contributed by atoms with E-state index in [1.54, 1.807) is 12.1 Å². The lowest BCUT2D eigenvalue weighted by molar-refractivity contribution is -0.114. The third-order valence-corrected chi connectivity index (χ3v) is 4.66. The number of carbonyl (C=O) groups is 2. The minimum atomic E-state index is -0.139. The first-order valence-corrected chi connectivity index (χ1v) is 7.91. The molecule has 22 heavy (non-hydrogen) atoms. The van der Waals surface area contributed by atoms with Crippen LogP contribution in [0.3, 0.4) is 0 Å². The highest BCUT2D eigenvalue weighted by Crippen LogP contribution is 2.22. The third-order valence-electron chi connectivity index (χ3n) is 3.23. The van der Waals surface area contributed by atoms with Gasteiger partial charge in [-0.05, 0) is 71.8 Å². The fourth-order valence-corrected chi connectivity index (χ4v) is 2.70. The molecule has 2 aromatic rings. The smallest absolute Gasteiger partial charge is 0.256 e. The van der Waals surface area contributed by atoms with Crippen LogP contribution in [0.4, 0.5) is 11.4 Å². The summed E-state index contributed by atoms with van der Waals surface area (Å²) >= 11 is 2.18. The SMILES string of the molecule is CC(=O)Nc1ccc(NC(=O)c2cccc(C)c2I)cc1C. The maximum atomic E-state index is 12.4. The van der Waals surface area contributed by atoms with Crippen LogP contribution >= 0.6 is 22.6 Å². The summed E-state index contributed by atoms with van der Waals surface area (Å²) in [5, 5.41) is 5.64. The molecular formula is C17H17IN2O2. The fraction of sp³-hybridized carbons (Fsp3) is 0.176. The van der Waals surface area contributed by atoms with Crippen LogP contribution in [-0.4, -0.2) is 11.8 Å². The molecule has 2 N–H and O–H groups in total. The number of rotatable bonds is 3. The molecule has 5 heteroatoms. The lowest BCUT2D eigenvalue weighted by atomic mass is 10.1. The van der Waals surface area contributed by atoms with Gasteiger partial charge in [-0.15, -0.1) is 0 Å². The van der Waals surface area contributed by atoms with E-state index >= 15 is 0 Å². The van der Waals surface area contributed by atoms with Crippen molar-refractivity contribution in [1.29, 1.82) is 0 Å². The van der Waals surface area contributed by atoms with E-state index in [-0.39, 0.29) is 11.8 Å². The van der Waals surface area contributed by atoms with Gasteiger partial charge in [0.05, 0.1) is 5.56 Å². The maximum absolute atomic E-state index is 12.4. The molecule has 0 atom stereocenters. The highest BCUT2D eigenvalue weighted by atomic mass is 127. The van der Waals surface area contributed by atoms with Gasteiger partial charge in [0.15, 0.2) is 0 Å². The Morgan fingerprint density at radius 2 is 1.73 bits per heavy atom. The summed E-state index contributed by atoms with van der Waals surface area (Å²) in [5.41, 5.74) is 4.08. The molecule has 2 amide bonds. The number of carbonyl (C=O) groups excluding carboxylic acids is 2. The predicted octanol–water partition coefficient (Wildman–Crippen LogP) is 4.12. The summed E-state index contributed by atoms with van der Waals surface area (Å²) in [6.45, 7) is 5.33. The van der Waals surface area contributed by atoms with Gasteiger partial charge in [0.1, 0.15) is 0 Å². The Kier molecular flexibility index (Phi) is 5.18. The number of nitrogens with one attached hydrogen (secondary N) is 2. The van der Waals surface area contributed by atoms with Crippen molar-refractivity contribution in [3.05, 3.63) is 56.7 Å². The van der Waals surface area contributed by atoms with Crippen LogP contribution in [0.25, 0.3) is 0 Å². The Bertz CT molecular complexity index is 741. The third kappa shape index (κ3) is 3.85. The van der Waals surface area contributed by atoms with E-state index < -0.39 is 0 Å². The minimum absolute atomic E-state index is 0.116. The van der Waals surface area contributed by atoms with E-state index in [0.717, 1.165) is 20.4 Å². The lowest BCUT2D eigenvalue weighted by Crippen LogP contribution is -2.14. The average molecular weight is 408 g/mol. The Balaban J connectivity index is 2.20. The van der Waals surface area contributed by atoms with Crippen molar-refractivity contribution < 1.29 is 9.59 Å². The molecule has 0 aliphatic heterocycles. The Labute approximate surface area is 143 Å². The molecule has 4 nitrogen and oxygen atoms in total. The summed E-state index contributed by atoms with van der Waals surface area (Å²) < 4.78 is 0.948. The van der Waals surface area contributed by atoms with Gasteiger partial charge in [-0.3, -0.25) is 9.59 Å². The second kappa shape index (κ2) is 6.91. The maximum Gasteiger partial charge on any atom is 0.256 e. The van der Waals surface area contributed by atoms with E-state index in [0.29, 0.717) is 11.3 Å². The van der Waals surface area contributed by atoms with Gasteiger partial charge in [-0.1, -0.05) is 12.1 Å². The van der Waals surface area contributed by atoms with Crippen LogP contribution in [0.1, 0.15) is 28.4 Å². The molecule has 0 radical (unpaired) electrons. The first-order valence-electron chi connectivity index (χ1n) is 6.83. The van der Waals surface area contributed by atoms with Gasteiger partial charge in [0.2, 0.25) is 5.91 Å². The molecule has 0 heterocycles. The summed E-state index contributed by atoms with van der Waals surface area (Å²) in [6.07, 6.45) is 0. The van der Waals surface area contributed by atoms with Crippen LogP contribution < -0.4 is 10.6 Å². The molecule has 2 rings (SSSR count). The van der Waals surface area contributed by atoms with Crippen LogP contribution in [0.15, 0.2) is 36.4 Å². The van der Waals surface area contributed by atoms with Crippen LogP contribution in [-0.2, 0) is 4.79 Å². The standard InChI is InChI=1S/C17H17IN2O2/c1-10-5-4-6-14(16(10)18)17(22)20-13-7-8-15(11(2)9-13)19-12(3)21/h4-9H,1-3H3,(H,19,21)(H,20,22). The molecule has 0 unspecified atom stereocenters. The van der Waals surface area contributed by atoms with E-state index in [9.17, 15) is 9.59 Å². The highest BCUT2D eigenvalue weighted by molar-refractivity contribution is 14.1. The monoisotopic (exact) mass is 408 g/mol. The van der Waals surface area contributed by atoms with Gasteiger partial charge < -0.3 is 10.6 Å². The van der Waals surface area contributed by atoms with E-state index in [2.05, 4.69) is 33.2 Å². The molecule has 0 bridgehead atoms. The Morgan fingerprint density at radius 1 is 1.00 bits per heavy atom. The van der Waals surface area contributed by atoms with E-state index in [1.165, 1.54) is 6.92 Å². The highest BCUT2D eigenvalue weighted by Gasteiger charge is 2.12. The molecule has 0 fully saturated rings. The van der Waals surface area contributed by atoms with Crippen molar-refractivity contribution in [1.82, 2.24) is 0 Å². The zero-order chi connectivity index (χ0) is 16.3. The van der Waals surface area contributed by atoms with Crippen molar-refractivity contribution in [2.24, 2.45) is 0 Å². The van der Waals surface area contributed by atoms with Crippen molar-refractivity contribution in [2.45, 2.75) is 20.8 Å².